The molecule has 0 unspecified atom stereocenters. The average Bonchev–Trinajstić information content (AvgIpc) is 2.35. The molecule has 0 heterocycles. The first-order valence-corrected chi connectivity index (χ1v) is 6.41. The molecule has 2 aromatic rings. The number of ether oxygens (including phenoxy) is 1. The van der Waals surface area contributed by atoms with Gasteiger partial charge in [-0.3, -0.25) is 0 Å². The SMILES string of the molecule is O=C(O)c1ccc(Cl)cc1Oc1cc(Br)cc(F)c1F. The van der Waals surface area contributed by atoms with Gasteiger partial charge in [-0.1, -0.05) is 27.5 Å². The number of rotatable bonds is 3. The van der Waals surface area contributed by atoms with Crippen molar-refractivity contribution in [1.29, 1.82) is 0 Å². The standard InChI is InChI=1S/C13H6BrClF2O3/c14-6-3-9(16)12(17)11(4-6)20-10-5-7(15)1-2-8(10)13(18)19/h1-5H,(H,18,19). The zero-order chi connectivity index (χ0) is 14.9. The summed E-state index contributed by atoms with van der Waals surface area (Å²) in [6, 6.07) is 5.90. The third-order valence-electron chi connectivity index (χ3n) is 2.35. The van der Waals surface area contributed by atoms with Crippen molar-refractivity contribution >= 4 is 33.5 Å². The van der Waals surface area contributed by atoms with Gasteiger partial charge in [0.15, 0.2) is 11.6 Å². The molecule has 0 aliphatic heterocycles. The van der Waals surface area contributed by atoms with Gasteiger partial charge < -0.3 is 9.84 Å². The Morgan fingerprint density at radius 2 is 1.90 bits per heavy atom. The van der Waals surface area contributed by atoms with Crippen molar-refractivity contribution < 1.29 is 23.4 Å². The first-order valence-electron chi connectivity index (χ1n) is 5.23. The van der Waals surface area contributed by atoms with Gasteiger partial charge >= 0.3 is 5.97 Å². The molecule has 0 bridgehead atoms. The fraction of sp³-hybridized carbons (Fsp3) is 0. The summed E-state index contributed by atoms with van der Waals surface area (Å²) in [7, 11) is 0. The molecular formula is C13H6BrClF2O3. The number of hydrogen-bond acceptors (Lipinski definition) is 2. The van der Waals surface area contributed by atoms with Gasteiger partial charge in [0.05, 0.1) is 0 Å². The van der Waals surface area contributed by atoms with E-state index in [0.29, 0.717) is 0 Å². The van der Waals surface area contributed by atoms with Crippen molar-refractivity contribution in [1.82, 2.24) is 0 Å². The normalized spacial score (nSPS) is 10.4. The second-order valence-corrected chi connectivity index (χ2v) is 5.10. The van der Waals surface area contributed by atoms with Gasteiger partial charge in [0.2, 0.25) is 5.82 Å². The highest BCUT2D eigenvalue weighted by atomic mass is 79.9. The van der Waals surface area contributed by atoms with Crippen LogP contribution in [-0.2, 0) is 0 Å². The van der Waals surface area contributed by atoms with Crippen LogP contribution in [0, 0.1) is 11.6 Å². The summed E-state index contributed by atoms with van der Waals surface area (Å²) in [6.45, 7) is 0. The molecule has 0 amide bonds. The van der Waals surface area contributed by atoms with Crippen LogP contribution in [0.4, 0.5) is 8.78 Å². The van der Waals surface area contributed by atoms with Crippen LogP contribution in [0.15, 0.2) is 34.8 Å². The molecule has 1 N–H and O–H groups in total. The Morgan fingerprint density at radius 1 is 1.20 bits per heavy atom. The lowest BCUT2D eigenvalue weighted by atomic mass is 10.2. The van der Waals surface area contributed by atoms with Crippen molar-refractivity contribution in [3.8, 4) is 11.5 Å². The highest BCUT2D eigenvalue weighted by Gasteiger charge is 2.17. The zero-order valence-electron chi connectivity index (χ0n) is 9.66. The molecule has 0 aliphatic carbocycles. The summed E-state index contributed by atoms with van der Waals surface area (Å²) in [6.07, 6.45) is 0. The second-order valence-electron chi connectivity index (χ2n) is 3.75. The quantitative estimate of drug-likeness (QED) is 0.791. The Balaban J connectivity index is 2.50. The smallest absolute Gasteiger partial charge is 0.339 e. The first-order chi connectivity index (χ1) is 9.38. The van der Waals surface area contributed by atoms with E-state index in [4.69, 9.17) is 21.4 Å². The molecular weight excluding hydrogens is 357 g/mol. The molecule has 2 rings (SSSR count). The Hall–Kier alpha value is -1.66. The molecule has 0 aliphatic rings. The van der Waals surface area contributed by atoms with E-state index >= 15 is 0 Å². The van der Waals surface area contributed by atoms with E-state index in [0.717, 1.165) is 6.07 Å². The summed E-state index contributed by atoms with van der Waals surface area (Å²) < 4.78 is 32.2. The van der Waals surface area contributed by atoms with Gasteiger partial charge in [-0.25, -0.2) is 9.18 Å². The van der Waals surface area contributed by atoms with Crippen molar-refractivity contribution in [3.05, 3.63) is 57.0 Å². The molecule has 0 fully saturated rings. The monoisotopic (exact) mass is 362 g/mol. The summed E-state index contributed by atoms with van der Waals surface area (Å²) in [5.74, 6) is -4.23. The average molecular weight is 364 g/mol. The number of halogens is 4. The Labute approximate surface area is 125 Å². The van der Waals surface area contributed by atoms with Crippen molar-refractivity contribution in [2.75, 3.05) is 0 Å². The lowest BCUT2D eigenvalue weighted by Gasteiger charge is -2.10. The van der Waals surface area contributed by atoms with Crippen LogP contribution < -0.4 is 4.74 Å². The van der Waals surface area contributed by atoms with Crippen LogP contribution >= 0.6 is 27.5 Å². The van der Waals surface area contributed by atoms with E-state index in [2.05, 4.69) is 15.9 Å². The molecule has 104 valence electrons. The second kappa shape index (κ2) is 5.76. The zero-order valence-corrected chi connectivity index (χ0v) is 12.0. The van der Waals surface area contributed by atoms with Gasteiger partial charge in [-0.2, -0.15) is 4.39 Å². The minimum atomic E-state index is -1.27. The fourth-order valence-electron chi connectivity index (χ4n) is 1.48. The van der Waals surface area contributed by atoms with Gasteiger partial charge in [0.1, 0.15) is 11.3 Å². The minimum absolute atomic E-state index is 0.179. The van der Waals surface area contributed by atoms with E-state index < -0.39 is 23.4 Å². The minimum Gasteiger partial charge on any atom is -0.478 e. The van der Waals surface area contributed by atoms with Crippen molar-refractivity contribution in [2.45, 2.75) is 0 Å². The lowest BCUT2D eigenvalue weighted by Crippen LogP contribution is -2.01. The predicted octanol–water partition coefficient (Wildman–Crippen LogP) is 4.87. The van der Waals surface area contributed by atoms with E-state index in [1.54, 1.807) is 0 Å². The third kappa shape index (κ3) is 3.08. The highest BCUT2D eigenvalue weighted by Crippen LogP contribution is 2.32. The van der Waals surface area contributed by atoms with Gasteiger partial charge in [-0.05, 0) is 24.3 Å². The first kappa shape index (κ1) is 14.7. The lowest BCUT2D eigenvalue weighted by molar-refractivity contribution is 0.0694. The van der Waals surface area contributed by atoms with Gasteiger partial charge in [-0.15, -0.1) is 0 Å². The summed E-state index contributed by atoms with van der Waals surface area (Å²) in [4.78, 5) is 11.0. The number of hydrogen-bond donors (Lipinski definition) is 1. The number of carboxylic acid groups (broad SMARTS) is 1. The maximum absolute atomic E-state index is 13.6. The molecule has 7 heteroatoms. The van der Waals surface area contributed by atoms with Gasteiger partial charge in [0, 0.05) is 15.6 Å². The summed E-state index contributed by atoms with van der Waals surface area (Å²) >= 11 is 8.73. The van der Waals surface area contributed by atoms with Crippen molar-refractivity contribution in [2.24, 2.45) is 0 Å². The Bertz CT molecular complexity index is 692. The van der Waals surface area contributed by atoms with Crippen LogP contribution in [0.25, 0.3) is 0 Å². The molecule has 0 radical (unpaired) electrons. The van der Waals surface area contributed by atoms with Crippen LogP contribution in [0.5, 0.6) is 11.5 Å². The summed E-state index contributed by atoms with van der Waals surface area (Å²) in [5, 5.41) is 9.22. The molecule has 0 aromatic heterocycles. The fourth-order valence-corrected chi connectivity index (χ4v) is 2.05. The molecule has 20 heavy (non-hydrogen) atoms. The highest BCUT2D eigenvalue weighted by molar-refractivity contribution is 9.10. The maximum Gasteiger partial charge on any atom is 0.339 e. The molecule has 0 atom stereocenters. The van der Waals surface area contributed by atoms with Crippen LogP contribution in [0.2, 0.25) is 5.02 Å². The molecule has 3 nitrogen and oxygen atoms in total. The number of benzene rings is 2. The largest absolute Gasteiger partial charge is 0.478 e. The molecule has 0 spiro atoms. The predicted molar refractivity (Wildman–Crippen MR) is 72.5 cm³/mol. The van der Waals surface area contributed by atoms with E-state index in [1.165, 1.54) is 24.3 Å². The summed E-state index contributed by atoms with van der Waals surface area (Å²) in [5.41, 5.74) is -0.214. The number of carbonyl (C=O) groups is 1. The van der Waals surface area contributed by atoms with E-state index in [-0.39, 0.29) is 20.8 Å². The van der Waals surface area contributed by atoms with Crippen LogP contribution in [-0.4, -0.2) is 11.1 Å². The number of aromatic carboxylic acids is 1. The van der Waals surface area contributed by atoms with Crippen LogP contribution in [0.3, 0.4) is 0 Å². The molecule has 2 aromatic carbocycles. The molecule has 0 saturated heterocycles. The maximum atomic E-state index is 13.6. The molecule has 0 saturated carbocycles. The Kier molecular flexibility index (Phi) is 4.25. The van der Waals surface area contributed by atoms with Crippen molar-refractivity contribution in [3.63, 3.8) is 0 Å². The Morgan fingerprint density at radius 3 is 2.55 bits per heavy atom. The van der Waals surface area contributed by atoms with Gasteiger partial charge in [0.25, 0.3) is 0 Å². The number of carboxylic acids is 1. The van der Waals surface area contributed by atoms with Crippen LogP contribution in [0.1, 0.15) is 10.4 Å². The van der Waals surface area contributed by atoms with E-state index in [1.807, 2.05) is 0 Å². The third-order valence-corrected chi connectivity index (χ3v) is 3.05. The van der Waals surface area contributed by atoms with E-state index in [9.17, 15) is 13.6 Å². The topological polar surface area (TPSA) is 46.5 Å².